The summed E-state index contributed by atoms with van der Waals surface area (Å²) in [7, 11) is 0. The number of rotatable bonds is 4. The predicted molar refractivity (Wildman–Crippen MR) is 69.1 cm³/mol. The zero-order chi connectivity index (χ0) is 14.6. The molecular formula is C15H19F3O2. The average molecular weight is 288 g/mol. The van der Waals surface area contributed by atoms with Crippen LogP contribution in [0.5, 0.6) is 0 Å². The van der Waals surface area contributed by atoms with Crippen LogP contribution < -0.4 is 0 Å². The number of aliphatic hydroxyl groups excluding tert-OH is 1. The van der Waals surface area contributed by atoms with E-state index in [0.29, 0.717) is 12.5 Å². The minimum Gasteiger partial charge on any atom is -0.396 e. The number of ether oxygens (including phenoxy) is 1. The highest BCUT2D eigenvalue weighted by Crippen LogP contribution is 2.30. The van der Waals surface area contributed by atoms with E-state index in [4.69, 9.17) is 9.84 Å². The van der Waals surface area contributed by atoms with Gasteiger partial charge in [0.05, 0.1) is 18.3 Å². The number of aliphatic hydroxyl groups is 1. The third-order valence-electron chi connectivity index (χ3n) is 3.82. The summed E-state index contributed by atoms with van der Waals surface area (Å²) in [5, 5.41) is 9.04. The maximum absolute atomic E-state index is 12.4. The molecule has 0 bridgehead atoms. The average Bonchev–Trinajstić information content (AvgIpc) is 2.45. The molecule has 20 heavy (non-hydrogen) atoms. The zero-order valence-corrected chi connectivity index (χ0v) is 11.2. The molecule has 0 heterocycles. The fourth-order valence-electron chi connectivity index (χ4n) is 2.49. The van der Waals surface area contributed by atoms with Crippen molar-refractivity contribution in [2.45, 2.75) is 44.6 Å². The second-order valence-electron chi connectivity index (χ2n) is 5.33. The molecule has 0 saturated heterocycles. The quantitative estimate of drug-likeness (QED) is 0.913. The molecule has 1 N–H and O–H groups in total. The number of benzene rings is 1. The summed E-state index contributed by atoms with van der Waals surface area (Å²) in [6, 6.07) is 5.09. The summed E-state index contributed by atoms with van der Waals surface area (Å²) in [6.45, 7) is 0.568. The van der Waals surface area contributed by atoms with Crippen LogP contribution in [0, 0.1) is 5.92 Å². The molecule has 1 aromatic rings. The molecule has 1 aliphatic rings. The van der Waals surface area contributed by atoms with Crippen molar-refractivity contribution in [3.8, 4) is 0 Å². The van der Waals surface area contributed by atoms with Crippen LogP contribution in [0.3, 0.4) is 0 Å². The first-order chi connectivity index (χ1) is 9.49. The highest BCUT2D eigenvalue weighted by molar-refractivity contribution is 5.24. The predicted octanol–water partition coefficient (Wildman–Crippen LogP) is 3.77. The smallest absolute Gasteiger partial charge is 0.396 e. The Kier molecular flexibility index (Phi) is 5.05. The van der Waals surface area contributed by atoms with E-state index in [-0.39, 0.29) is 12.7 Å². The molecule has 0 aliphatic heterocycles. The molecule has 0 amide bonds. The van der Waals surface area contributed by atoms with E-state index in [0.717, 1.165) is 43.4 Å². The SMILES string of the molecule is OCC1CCC(OCc2ccc(C(F)(F)F)cc2)CC1. The van der Waals surface area contributed by atoms with E-state index < -0.39 is 11.7 Å². The van der Waals surface area contributed by atoms with Gasteiger partial charge in [-0.1, -0.05) is 12.1 Å². The Morgan fingerprint density at radius 3 is 2.15 bits per heavy atom. The third-order valence-corrected chi connectivity index (χ3v) is 3.82. The van der Waals surface area contributed by atoms with E-state index in [9.17, 15) is 13.2 Å². The van der Waals surface area contributed by atoms with Crippen molar-refractivity contribution in [2.75, 3.05) is 6.61 Å². The van der Waals surface area contributed by atoms with Crippen molar-refractivity contribution >= 4 is 0 Å². The van der Waals surface area contributed by atoms with Crippen molar-refractivity contribution in [3.63, 3.8) is 0 Å². The van der Waals surface area contributed by atoms with Crippen molar-refractivity contribution in [1.82, 2.24) is 0 Å². The number of halogens is 3. The van der Waals surface area contributed by atoms with Crippen LogP contribution in [0.15, 0.2) is 24.3 Å². The normalized spacial score (nSPS) is 23.8. The molecule has 0 spiro atoms. The van der Waals surface area contributed by atoms with Crippen LogP contribution >= 0.6 is 0 Å². The van der Waals surface area contributed by atoms with E-state index in [2.05, 4.69) is 0 Å². The number of alkyl halides is 3. The van der Waals surface area contributed by atoms with Gasteiger partial charge in [-0.25, -0.2) is 0 Å². The fourth-order valence-corrected chi connectivity index (χ4v) is 2.49. The molecule has 1 saturated carbocycles. The van der Waals surface area contributed by atoms with Gasteiger partial charge in [-0.2, -0.15) is 13.2 Å². The van der Waals surface area contributed by atoms with E-state index in [1.54, 1.807) is 0 Å². The second-order valence-corrected chi connectivity index (χ2v) is 5.33. The lowest BCUT2D eigenvalue weighted by Gasteiger charge is -2.27. The Bertz CT molecular complexity index is 406. The van der Waals surface area contributed by atoms with Crippen molar-refractivity contribution < 1.29 is 23.0 Å². The second kappa shape index (κ2) is 6.59. The van der Waals surface area contributed by atoms with Gasteiger partial charge in [0.1, 0.15) is 0 Å². The molecule has 1 aromatic carbocycles. The molecule has 0 atom stereocenters. The van der Waals surface area contributed by atoms with Gasteiger partial charge >= 0.3 is 6.18 Å². The third kappa shape index (κ3) is 4.21. The largest absolute Gasteiger partial charge is 0.416 e. The molecule has 2 rings (SSSR count). The van der Waals surface area contributed by atoms with Crippen LogP contribution in [0.1, 0.15) is 36.8 Å². The minimum absolute atomic E-state index is 0.153. The first-order valence-electron chi connectivity index (χ1n) is 6.87. The molecule has 0 radical (unpaired) electrons. The topological polar surface area (TPSA) is 29.5 Å². The van der Waals surface area contributed by atoms with Crippen molar-refractivity contribution in [1.29, 1.82) is 0 Å². The Balaban J connectivity index is 1.80. The summed E-state index contributed by atoms with van der Waals surface area (Å²) < 4.78 is 43.0. The van der Waals surface area contributed by atoms with Gasteiger partial charge in [0.2, 0.25) is 0 Å². The fraction of sp³-hybridized carbons (Fsp3) is 0.600. The van der Waals surface area contributed by atoms with Crippen LogP contribution in [0.4, 0.5) is 13.2 Å². The Morgan fingerprint density at radius 1 is 1.05 bits per heavy atom. The van der Waals surface area contributed by atoms with Crippen molar-refractivity contribution in [3.05, 3.63) is 35.4 Å². The molecule has 2 nitrogen and oxygen atoms in total. The Labute approximate surface area is 116 Å². The lowest BCUT2D eigenvalue weighted by atomic mass is 9.88. The highest BCUT2D eigenvalue weighted by atomic mass is 19.4. The van der Waals surface area contributed by atoms with Crippen LogP contribution in [-0.4, -0.2) is 17.8 Å². The van der Waals surface area contributed by atoms with Gasteiger partial charge in [0.25, 0.3) is 0 Å². The maximum Gasteiger partial charge on any atom is 0.416 e. The van der Waals surface area contributed by atoms with Crippen molar-refractivity contribution in [2.24, 2.45) is 5.92 Å². The van der Waals surface area contributed by atoms with Gasteiger partial charge < -0.3 is 9.84 Å². The first-order valence-corrected chi connectivity index (χ1v) is 6.87. The number of hydrogen-bond acceptors (Lipinski definition) is 2. The summed E-state index contributed by atoms with van der Waals surface area (Å²) in [4.78, 5) is 0. The monoisotopic (exact) mass is 288 g/mol. The van der Waals surface area contributed by atoms with E-state index in [1.165, 1.54) is 12.1 Å². The van der Waals surface area contributed by atoms with Gasteiger partial charge in [-0.3, -0.25) is 0 Å². The molecular weight excluding hydrogens is 269 g/mol. The standard InChI is InChI=1S/C15H19F3O2/c16-15(17,18)13-5-1-12(2-6-13)10-20-14-7-3-11(9-19)4-8-14/h1-2,5-6,11,14,19H,3-4,7-10H2. The van der Waals surface area contributed by atoms with Gasteiger partial charge in [0.15, 0.2) is 0 Å². The zero-order valence-electron chi connectivity index (χ0n) is 11.2. The van der Waals surface area contributed by atoms with E-state index in [1.807, 2.05) is 0 Å². The summed E-state index contributed by atoms with van der Waals surface area (Å²) in [5.74, 6) is 0.376. The Hall–Kier alpha value is -1.07. The number of hydrogen-bond donors (Lipinski definition) is 1. The van der Waals surface area contributed by atoms with Gasteiger partial charge in [0, 0.05) is 6.61 Å². The van der Waals surface area contributed by atoms with E-state index >= 15 is 0 Å². The molecule has 0 aromatic heterocycles. The molecule has 1 aliphatic carbocycles. The minimum atomic E-state index is -4.29. The molecule has 0 unspecified atom stereocenters. The lowest BCUT2D eigenvalue weighted by molar-refractivity contribution is -0.137. The highest BCUT2D eigenvalue weighted by Gasteiger charge is 2.30. The van der Waals surface area contributed by atoms with Gasteiger partial charge in [-0.05, 0) is 49.3 Å². The lowest BCUT2D eigenvalue weighted by Crippen LogP contribution is -2.23. The molecule has 1 fully saturated rings. The van der Waals surface area contributed by atoms with Crippen LogP contribution in [0.25, 0.3) is 0 Å². The molecule has 5 heteroatoms. The summed E-state index contributed by atoms with van der Waals surface area (Å²) in [6.07, 6.45) is -0.414. The van der Waals surface area contributed by atoms with Crippen LogP contribution in [-0.2, 0) is 17.5 Å². The van der Waals surface area contributed by atoms with Crippen LogP contribution in [0.2, 0.25) is 0 Å². The van der Waals surface area contributed by atoms with Gasteiger partial charge in [-0.15, -0.1) is 0 Å². The molecule has 112 valence electrons. The first kappa shape index (κ1) is 15.3. The summed E-state index contributed by atoms with van der Waals surface area (Å²) >= 11 is 0. The summed E-state index contributed by atoms with van der Waals surface area (Å²) in [5.41, 5.74) is 0.118. The maximum atomic E-state index is 12.4. The Morgan fingerprint density at radius 2 is 1.65 bits per heavy atom.